The topological polar surface area (TPSA) is 55.8 Å². The van der Waals surface area contributed by atoms with E-state index in [1.807, 2.05) is 54.6 Å². The number of hydrogen-bond acceptors (Lipinski definition) is 3. The molecule has 1 heterocycles. The Labute approximate surface area is 135 Å². The van der Waals surface area contributed by atoms with E-state index in [0.717, 1.165) is 16.9 Å². The van der Waals surface area contributed by atoms with Gasteiger partial charge in [0.2, 0.25) is 0 Å². The van der Waals surface area contributed by atoms with E-state index in [9.17, 15) is 9.90 Å². The molecule has 0 aliphatic carbocycles. The minimum Gasteiger partial charge on any atom is -0.497 e. The summed E-state index contributed by atoms with van der Waals surface area (Å²) in [5.41, 5.74) is 2.17. The van der Waals surface area contributed by atoms with Crippen molar-refractivity contribution < 1.29 is 19.4 Å². The third kappa shape index (κ3) is 2.80. The molecule has 0 aromatic heterocycles. The maximum absolute atomic E-state index is 11.7. The maximum Gasteiger partial charge on any atom is 0.335 e. The number of ether oxygens (including phenoxy) is 2. The first-order chi connectivity index (χ1) is 11.1. The monoisotopic (exact) mass is 310 g/mol. The Balaban J connectivity index is 2.06. The van der Waals surface area contributed by atoms with Gasteiger partial charge in [-0.1, -0.05) is 42.5 Å². The van der Waals surface area contributed by atoms with Crippen molar-refractivity contribution in [1.29, 1.82) is 0 Å². The molecule has 23 heavy (non-hydrogen) atoms. The average Bonchev–Trinajstić information content (AvgIpc) is 2.93. The van der Waals surface area contributed by atoms with Crippen LogP contribution in [0.4, 0.5) is 0 Å². The summed E-state index contributed by atoms with van der Waals surface area (Å²) in [6.45, 7) is 1.71. The molecule has 2 atom stereocenters. The highest BCUT2D eigenvalue weighted by atomic mass is 16.5. The van der Waals surface area contributed by atoms with E-state index in [1.54, 1.807) is 14.0 Å². The first-order valence-corrected chi connectivity index (χ1v) is 7.41. The van der Waals surface area contributed by atoms with Gasteiger partial charge in [0, 0.05) is 0 Å². The molecule has 0 spiro atoms. The van der Waals surface area contributed by atoms with E-state index in [2.05, 4.69) is 0 Å². The smallest absolute Gasteiger partial charge is 0.335 e. The van der Waals surface area contributed by atoms with Gasteiger partial charge in [-0.3, -0.25) is 0 Å². The first kappa shape index (κ1) is 15.2. The first-order valence-electron chi connectivity index (χ1n) is 7.41. The second kappa shape index (κ2) is 6.16. The SMILES string of the molecule is COc1ccc([C@H]2C(C(=O)O)=C(C)O[C@@H]2c2ccccc2)cc1. The van der Waals surface area contributed by atoms with Gasteiger partial charge in [-0.25, -0.2) is 4.79 Å². The van der Waals surface area contributed by atoms with Gasteiger partial charge in [0.15, 0.2) is 0 Å². The van der Waals surface area contributed by atoms with Gasteiger partial charge in [0.1, 0.15) is 17.6 Å². The number of allylic oxidation sites excluding steroid dienone is 1. The number of benzene rings is 2. The largest absolute Gasteiger partial charge is 0.497 e. The summed E-state index contributed by atoms with van der Waals surface area (Å²) in [4.78, 5) is 11.7. The lowest BCUT2D eigenvalue weighted by molar-refractivity contribution is -0.133. The Hall–Kier alpha value is -2.75. The fourth-order valence-electron chi connectivity index (χ4n) is 3.03. The van der Waals surface area contributed by atoms with Crippen LogP contribution in [0.2, 0.25) is 0 Å². The molecule has 0 fully saturated rings. The molecule has 0 amide bonds. The third-order valence-corrected chi connectivity index (χ3v) is 4.13. The zero-order chi connectivity index (χ0) is 16.4. The summed E-state index contributed by atoms with van der Waals surface area (Å²) in [6, 6.07) is 17.2. The quantitative estimate of drug-likeness (QED) is 0.930. The van der Waals surface area contributed by atoms with E-state index in [1.165, 1.54) is 0 Å². The molecule has 0 unspecified atom stereocenters. The van der Waals surface area contributed by atoms with Crippen LogP contribution >= 0.6 is 0 Å². The molecule has 1 N–H and O–H groups in total. The predicted octanol–water partition coefficient (Wildman–Crippen LogP) is 3.91. The van der Waals surface area contributed by atoms with Crippen molar-refractivity contribution in [3.63, 3.8) is 0 Å². The van der Waals surface area contributed by atoms with Crippen molar-refractivity contribution in [1.82, 2.24) is 0 Å². The molecule has 118 valence electrons. The minimum absolute atomic E-state index is 0.309. The molecule has 3 rings (SSSR count). The van der Waals surface area contributed by atoms with Crippen LogP contribution in [0, 0.1) is 0 Å². The molecule has 1 aliphatic heterocycles. The van der Waals surface area contributed by atoms with Crippen LogP contribution in [0.25, 0.3) is 0 Å². The van der Waals surface area contributed by atoms with Crippen molar-refractivity contribution >= 4 is 5.97 Å². The van der Waals surface area contributed by atoms with Crippen molar-refractivity contribution in [2.75, 3.05) is 7.11 Å². The standard InChI is InChI=1S/C19H18O4/c1-12-16(19(20)21)17(13-8-10-15(22-2)11-9-13)18(23-12)14-6-4-3-5-7-14/h3-11,17-18H,1-2H3,(H,20,21)/t17-,18+/m0/s1. The highest BCUT2D eigenvalue weighted by Crippen LogP contribution is 2.47. The van der Waals surface area contributed by atoms with Crippen LogP contribution in [-0.4, -0.2) is 18.2 Å². The Morgan fingerprint density at radius 2 is 1.70 bits per heavy atom. The summed E-state index contributed by atoms with van der Waals surface area (Å²) >= 11 is 0. The summed E-state index contributed by atoms with van der Waals surface area (Å²) in [5.74, 6) is -0.0868. The van der Waals surface area contributed by atoms with Crippen molar-refractivity contribution in [3.05, 3.63) is 77.1 Å². The highest BCUT2D eigenvalue weighted by molar-refractivity contribution is 5.90. The Kier molecular flexibility index (Phi) is 4.06. The van der Waals surface area contributed by atoms with Crippen molar-refractivity contribution in [2.24, 2.45) is 0 Å². The molecule has 0 saturated heterocycles. The summed E-state index contributed by atoms with van der Waals surface area (Å²) < 4.78 is 11.1. The van der Waals surface area contributed by atoms with Gasteiger partial charge in [-0.15, -0.1) is 0 Å². The highest BCUT2D eigenvalue weighted by Gasteiger charge is 2.40. The fraction of sp³-hybridized carbons (Fsp3) is 0.211. The Bertz CT molecular complexity index is 732. The normalized spacial score (nSPS) is 20.3. The molecule has 0 radical (unpaired) electrons. The molecule has 2 aromatic rings. The van der Waals surface area contributed by atoms with Gasteiger partial charge in [0.05, 0.1) is 18.6 Å². The number of carbonyl (C=O) groups is 1. The van der Waals surface area contributed by atoms with E-state index in [-0.39, 0.29) is 12.0 Å². The zero-order valence-electron chi connectivity index (χ0n) is 13.0. The molecule has 4 nitrogen and oxygen atoms in total. The van der Waals surface area contributed by atoms with Crippen LogP contribution in [-0.2, 0) is 9.53 Å². The van der Waals surface area contributed by atoms with Crippen LogP contribution in [0.15, 0.2) is 65.9 Å². The molecule has 4 heteroatoms. The lowest BCUT2D eigenvalue weighted by Crippen LogP contribution is -2.14. The summed E-state index contributed by atoms with van der Waals surface area (Å²) in [5, 5.41) is 9.62. The summed E-state index contributed by atoms with van der Waals surface area (Å²) in [7, 11) is 1.60. The molecular formula is C19H18O4. The van der Waals surface area contributed by atoms with E-state index in [0.29, 0.717) is 11.3 Å². The van der Waals surface area contributed by atoms with E-state index < -0.39 is 5.97 Å². The Morgan fingerprint density at radius 3 is 2.26 bits per heavy atom. The van der Waals surface area contributed by atoms with E-state index >= 15 is 0 Å². The number of methoxy groups -OCH3 is 1. The predicted molar refractivity (Wildman–Crippen MR) is 86.3 cm³/mol. The van der Waals surface area contributed by atoms with Gasteiger partial charge < -0.3 is 14.6 Å². The van der Waals surface area contributed by atoms with Crippen LogP contribution in [0.5, 0.6) is 5.75 Å². The summed E-state index contributed by atoms with van der Waals surface area (Å²) in [6.07, 6.45) is -0.337. The molecule has 0 bridgehead atoms. The fourth-order valence-corrected chi connectivity index (χ4v) is 3.03. The second-order valence-electron chi connectivity index (χ2n) is 5.47. The van der Waals surface area contributed by atoms with Gasteiger partial charge >= 0.3 is 5.97 Å². The van der Waals surface area contributed by atoms with Crippen molar-refractivity contribution in [3.8, 4) is 5.75 Å². The average molecular weight is 310 g/mol. The number of hydrogen-bond donors (Lipinski definition) is 1. The Morgan fingerprint density at radius 1 is 1.04 bits per heavy atom. The van der Waals surface area contributed by atoms with Crippen LogP contribution in [0.1, 0.15) is 30.1 Å². The van der Waals surface area contributed by atoms with E-state index in [4.69, 9.17) is 9.47 Å². The lowest BCUT2D eigenvalue weighted by Gasteiger charge is -2.21. The lowest BCUT2D eigenvalue weighted by atomic mass is 9.84. The molecule has 2 aromatic carbocycles. The second-order valence-corrected chi connectivity index (χ2v) is 5.47. The van der Waals surface area contributed by atoms with Gasteiger partial charge in [-0.2, -0.15) is 0 Å². The minimum atomic E-state index is -0.943. The van der Waals surface area contributed by atoms with Crippen LogP contribution < -0.4 is 4.74 Å². The molecular weight excluding hydrogens is 292 g/mol. The zero-order valence-corrected chi connectivity index (χ0v) is 13.0. The number of aliphatic carboxylic acids is 1. The maximum atomic E-state index is 11.7. The van der Waals surface area contributed by atoms with Crippen LogP contribution in [0.3, 0.4) is 0 Å². The number of carboxylic acid groups (broad SMARTS) is 1. The van der Waals surface area contributed by atoms with Gasteiger partial charge in [-0.05, 0) is 30.2 Å². The third-order valence-electron chi connectivity index (χ3n) is 4.13. The molecule has 0 saturated carbocycles. The number of carboxylic acids is 1. The van der Waals surface area contributed by atoms with Crippen molar-refractivity contribution in [2.45, 2.75) is 18.9 Å². The molecule has 1 aliphatic rings. The number of rotatable bonds is 4. The van der Waals surface area contributed by atoms with Gasteiger partial charge in [0.25, 0.3) is 0 Å².